The molecule has 3 heteroatoms. The zero-order valence-electron chi connectivity index (χ0n) is 8.80. The van der Waals surface area contributed by atoms with Crippen molar-refractivity contribution in [2.24, 2.45) is 5.73 Å². The van der Waals surface area contributed by atoms with Crippen LogP contribution in [0.3, 0.4) is 0 Å². The quantitative estimate of drug-likeness (QED) is 0.904. The van der Waals surface area contributed by atoms with E-state index in [0.717, 1.165) is 16.6 Å². The highest BCUT2D eigenvalue weighted by Crippen LogP contribution is 2.31. The molecule has 0 aliphatic rings. The first-order valence-corrected chi connectivity index (χ1v) is 5.43. The second-order valence-corrected chi connectivity index (χ2v) is 4.35. The summed E-state index contributed by atoms with van der Waals surface area (Å²) in [5.74, 6) is 0.867. The van der Waals surface area contributed by atoms with E-state index in [0.29, 0.717) is 0 Å². The standard InChI is InChI=1S/C11H16BrNO/c1-7-4-5-10(14-3)11(12)9(7)6-8(2)13/h4-5,8H,6,13H2,1-3H3. The van der Waals surface area contributed by atoms with Crippen LogP contribution in [0.4, 0.5) is 0 Å². The van der Waals surface area contributed by atoms with Crippen LogP contribution >= 0.6 is 15.9 Å². The van der Waals surface area contributed by atoms with E-state index in [1.165, 1.54) is 11.1 Å². The van der Waals surface area contributed by atoms with Crippen LogP contribution in [0.25, 0.3) is 0 Å². The molecule has 1 aromatic carbocycles. The highest BCUT2D eigenvalue weighted by atomic mass is 79.9. The molecule has 2 N–H and O–H groups in total. The van der Waals surface area contributed by atoms with E-state index < -0.39 is 0 Å². The fourth-order valence-electron chi connectivity index (χ4n) is 1.43. The minimum Gasteiger partial charge on any atom is -0.496 e. The molecule has 14 heavy (non-hydrogen) atoms. The van der Waals surface area contributed by atoms with Gasteiger partial charge in [-0.2, -0.15) is 0 Å². The Labute approximate surface area is 93.6 Å². The molecule has 1 unspecified atom stereocenters. The van der Waals surface area contributed by atoms with Gasteiger partial charge in [-0.05, 0) is 53.4 Å². The molecule has 78 valence electrons. The maximum Gasteiger partial charge on any atom is 0.133 e. The summed E-state index contributed by atoms with van der Waals surface area (Å²) in [7, 11) is 1.67. The number of aryl methyl sites for hydroxylation is 1. The number of methoxy groups -OCH3 is 1. The number of ether oxygens (including phenoxy) is 1. The first-order valence-electron chi connectivity index (χ1n) is 4.63. The number of nitrogens with two attached hydrogens (primary N) is 1. The van der Waals surface area contributed by atoms with E-state index in [1.807, 2.05) is 13.0 Å². The Morgan fingerprint density at radius 2 is 2.14 bits per heavy atom. The van der Waals surface area contributed by atoms with Crippen molar-refractivity contribution in [1.82, 2.24) is 0 Å². The monoisotopic (exact) mass is 257 g/mol. The highest BCUT2D eigenvalue weighted by molar-refractivity contribution is 9.10. The van der Waals surface area contributed by atoms with E-state index in [1.54, 1.807) is 7.11 Å². The average Bonchev–Trinajstić information content (AvgIpc) is 2.12. The minimum atomic E-state index is 0.164. The lowest BCUT2D eigenvalue weighted by Gasteiger charge is -2.13. The Bertz CT molecular complexity index is 323. The lowest BCUT2D eigenvalue weighted by atomic mass is 10.0. The van der Waals surface area contributed by atoms with Crippen molar-refractivity contribution in [3.63, 3.8) is 0 Å². The second kappa shape index (κ2) is 4.80. The summed E-state index contributed by atoms with van der Waals surface area (Å²) < 4.78 is 6.26. The molecule has 0 radical (unpaired) electrons. The zero-order chi connectivity index (χ0) is 10.7. The molecule has 0 saturated carbocycles. The Morgan fingerprint density at radius 1 is 1.50 bits per heavy atom. The number of halogens is 1. The Kier molecular flexibility index (Phi) is 3.96. The van der Waals surface area contributed by atoms with Crippen LogP contribution in [0, 0.1) is 6.92 Å². The van der Waals surface area contributed by atoms with Crippen LogP contribution in [-0.4, -0.2) is 13.2 Å². The van der Waals surface area contributed by atoms with Gasteiger partial charge in [0.25, 0.3) is 0 Å². The summed E-state index contributed by atoms with van der Waals surface area (Å²) in [5.41, 5.74) is 8.27. The molecule has 1 aromatic rings. The van der Waals surface area contributed by atoms with Crippen LogP contribution < -0.4 is 10.5 Å². The van der Waals surface area contributed by atoms with Crippen LogP contribution in [0.1, 0.15) is 18.1 Å². The maximum absolute atomic E-state index is 5.79. The number of hydrogen-bond acceptors (Lipinski definition) is 2. The first kappa shape index (κ1) is 11.5. The van der Waals surface area contributed by atoms with E-state index in [2.05, 4.69) is 28.9 Å². The van der Waals surface area contributed by atoms with E-state index in [9.17, 15) is 0 Å². The summed E-state index contributed by atoms with van der Waals surface area (Å²) in [4.78, 5) is 0. The normalized spacial score (nSPS) is 12.6. The molecule has 2 nitrogen and oxygen atoms in total. The predicted octanol–water partition coefficient (Wildman–Crippen LogP) is 2.66. The summed E-state index contributed by atoms with van der Waals surface area (Å²) >= 11 is 3.54. The Balaban J connectivity index is 3.11. The van der Waals surface area contributed by atoms with Gasteiger partial charge in [0.1, 0.15) is 5.75 Å². The predicted molar refractivity (Wildman–Crippen MR) is 62.8 cm³/mol. The molecule has 0 aliphatic carbocycles. The van der Waals surface area contributed by atoms with Crippen LogP contribution in [0.15, 0.2) is 16.6 Å². The minimum absolute atomic E-state index is 0.164. The third-order valence-corrected chi connectivity index (χ3v) is 3.06. The third kappa shape index (κ3) is 2.49. The van der Waals surface area contributed by atoms with E-state index >= 15 is 0 Å². The largest absolute Gasteiger partial charge is 0.496 e. The smallest absolute Gasteiger partial charge is 0.133 e. The molecule has 0 bridgehead atoms. The Hall–Kier alpha value is -0.540. The van der Waals surface area contributed by atoms with Gasteiger partial charge in [-0.15, -0.1) is 0 Å². The van der Waals surface area contributed by atoms with Gasteiger partial charge < -0.3 is 10.5 Å². The molecule has 0 fully saturated rings. The second-order valence-electron chi connectivity index (χ2n) is 3.56. The third-order valence-electron chi connectivity index (χ3n) is 2.19. The van der Waals surface area contributed by atoms with Gasteiger partial charge in [0, 0.05) is 6.04 Å². The van der Waals surface area contributed by atoms with Crippen LogP contribution in [0.2, 0.25) is 0 Å². The van der Waals surface area contributed by atoms with Crippen molar-refractivity contribution in [1.29, 1.82) is 0 Å². The highest BCUT2D eigenvalue weighted by Gasteiger charge is 2.10. The van der Waals surface area contributed by atoms with Crippen molar-refractivity contribution in [2.75, 3.05) is 7.11 Å². The molecule has 1 atom stereocenters. The summed E-state index contributed by atoms with van der Waals surface area (Å²) in [6.45, 7) is 4.09. The van der Waals surface area contributed by atoms with Crippen molar-refractivity contribution in [2.45, 2.75) is 26.3 Å². The van der Waals surface area contributed by atoms with Crippen molar-refractivity contribution in [3.8, 4) is 5.75 Å². The summed E-state index contributed by atoms with van der Waals surface area (Å²) in [6.07, 6.45) is 0.865. The van der Waals surface area contributed by atoms with Gasteiger partial charge in [0.05, 0.1) is 11.6 Å². The molecule has 0 spiro atoms. The number of benzene rings is 1. The summed E-state index contributed by atoms with van der Waals surface area (Å²) in [5, 5.41) is 0. The lowest BCUT2D eigenvalue weighted by Crippen LogP contribution is -2.18. The number of hydrogen-bond donors (Lipinski definition) is 1. The van der Waals surface area contributed by atoms with Crippen LogP contribution in [0.5, 0.6) is 5.75 Å². The molecule has 0 amide bonds. The van der Waals surface area contributed by atoms with Crippen molar-refractivity contribution >= 4 is 15.9 Å². The van der Waals surface area contributed by atoms with E-state index in [-0.39, 0.29) is 6.04 Å². The van der Waals surface area contributed by atoms with E-state index in [4.69, 9.17) is 10.5 Å². The van der Waals surface area contributed by atoms with Gasteiger partial charge in [-0.1, -0.05) is 6.07 Å². The average molecular weight is 258 g/mol. The molecular weight excluding hydrogens is 242 g/mol. The molecule has 0 heterocycles. The molecule has 0 saturated heterocycles. The van der Waals surface area contributed by atoms with Gasteiger partial charge in [0.2, 0.25) is 0 Å². The first-order chi connectivity index (χ1) is 6.56. The fourth-order valence-corrected chi connectivity index (χ4v) is 2.20. The molecule has 0 aliphatic heterocycles. The topological polar surface area (TPSA) is 35.2 Å². The SMILES string of the molecule is COc1ccc(C)c(CC(C)N)c1Br. The zero-order valence-corrected chi connectivity index (χ0v) is 10.4. The van der Waals surface area contributed by atoms with Gasteiger partial charge in [-0.3, -0.25) is 0 Å². The number of rotatable bonds is 3. The van der Waals surface area contributed by atoms with Crippen LogP contribution in [-0.2, 0) is 6.42 Å². The van der Waals surface area contributed by atoms with Gasteiger partial charge in [-0.25, -0.2) is 0 Å². The summed E-state index contributed by atoms with van der Waals surface area (Å²) in [6, 6.07) is 4.18. The van der Waals surface area contributed by atoms with Gasteiger partial charge in [0.15, 0.2) is 0 Å². The van der Waals surface area contributed by atoms with Gasteiger partial charge >= 0.3 is 0 Å². The molecule has 1 rings (SSSR count). The lowest BCUT2D eigenvalue weighted by molar-refractivity contribution is 0.411. The van der Waals surface area contributed by atoms with Crippen molar-refractivity contribution < 1.29 is 4.74 Å². The Morgan fingerprint density at radius 3 is 2.64 bits per heavy atom. The van der Waals surface area contributed by atoms with Crippen molar-refractivity contribution in [3.05, 3.63) is 27.7 Å². The fraction of sp³-hybridized carbons (Fsp3) is 0.455. The molecular formula is C11H16BrNO. The molecule has 0 aromatic heterocycles. The maximum atomic E-state index is 5.79.